The minimum absolute atomic E-state index is 0.00415. The highest BCUT2D eigenvalue weighted by Crippen LogP contribution is 2.33. The molecule has 0 saturated heterocycles. The van der Waals surface area contributed by atoms with Gasteiger partial charge in [-0.1, -0.05) is 6.07 Å². The molecule has 0 saturated carbocycles. The molecule has 0 radical (unpaired) electrons. The Bertz CT molecular complexity index is 1190. The lowest BCUT2D eigenvalue weighted by Crippen LogP contribution is -2.28. The Morgan fingerprint density at radius 2 is 2.07 bits per heavy atom. The lowest BCUT2D eigenvalue weighted by Gasteiger charge is -2.17. The zero-order valence-electron chi connectivity index (χ0n) is 16.1. The second-order valence-electron chi connectivity index (χ2n) is 6.66. The first-order valence-corrected chi connectivity index (χ1v) is 11.7. The van der Waals surface area contributed by atoms with Crippen molar-refractivity contribution in [1.29, 1.82) is 0 Å². The van der Waals surface area contributed by atoms with Gasteiger partial charge >= 0.3 is 0 Å². The summed E-state index contributed by atoms with van der Waals surface area (Å²) >= 11 is 1.38. The van der Waals surface area contributed by atoms with Crippen LogP contribution in [0.3, 0.4) is 0 Å². The van der Waals surface area contributed by atoms with E-state index in [4.69, 9.17) is 4.74 Å². The molecule has 2 aromatic carbocycles. The van der Waals surface area contributed by atoms with E-state index in [2.05, 4.69) is 4.72 Å². The molecular formula is C21H19FN2O4S2. The summed E-state index contributed by atoms with van der Waals surface area (Å²) in [4.78, 5) is 14.8. The van der Waals surface area contributed by atoms with Crippen LogP contribution in [0.15, 0.2) is 58.8 Å². The van der Waals surface area contributed by atoms with Crippen LogP contribution in [0, 0.1) is 5.82 Å². The van der Waals surface area contributed by atoms with Gasteiger partial charge in [0.05, 0.1) is 16.4 Å². The van der Waals surface area contributed by atoms with Crippen LogP contribution in [0.2, 0.25) is 0 Å². The average Bonchev–Trinajstić information content (AvgIpc) is 3.38. The lowest BCUT2D eigenvalue weighted by atomic mass is 10.1. The van der Waals surface area contributed by atoms with E-state index in [0.29, 0.717) is 23.5 Å². The standard InChI is InChI=1S/C21H19FN2O4S2/c1-2-28-19-8-6-16(13-17(19)22)30(26,27)23-15-5-7-18-14(12-15)9-10-24(18)21(25)20-4-3-11-29-20/h3-8,11-13,23H,2,9-10H2,1H3. The maximum Gasteiger partial charge on any atom is 0.268 e. The molecule has 1 amide bonds. The van der Waals surface area contributed by atoms with Gasteiger partial charge in [0.1, 0.15) is 0 Å². The predicted octanol–water partition coefficient (Wildman–Crippen LogP) is 4.29. The molecule has 1 aliphatic heterocycles. The molecular weight excluding hydrogens is 427 g/mol. The fourth-order valence-electron chi connectivity index (χ4n) is 3.34. The summed E-state index contributed by atoms with van der Waals surface area (Å²) in [5.41, 5.74) is 2.00. The Hall–Kier alpha value is -2.91. The van der Waals surface area contributed by atoms with Crippen LogP contribution in [-0.2, 0) is 16.4 Å². The van der Waals surface area contributed by atoms with Crippen LogP contribution in [0.1, 0.15) is 22.2 Å². The number of amides is 1. The first kappa shape index (κ1) is 20.4. The van der Waals surface area contributed by atoms with E-state index in [1.165, 1.54) is 23.5 Å². The second kappa shape index (κ2) is 8.08. The molecule has 1 N–H and O–H groups in total. The molecule has 6 nitrogen and oxygen atoms in total. The maximum atomic E-state index is 14.1. The maximum absolute atomic E-state index is 14.1. The molecule has 0 unspecified atom stereocenters. The summed E-state index contributed by atoms with van der Waals surface area (Å²) in [5.74, 6) is -0.803. The van der Waals surface area contributed by atoms with E-state index in [1.54, 1.807) is 36.1 Å². The molecule has 0 fully saturated rings. The van der Waals surface area contributed by atoms with Gasteiger partial charge < -0.3 is 9.64 Å². The third-order valence-electron chi connectivity index (χ3n) is 4.72. The van der Waals surface area contributed by atoms with Gasteiger partial charge in [-0.2, -0.15) is 0 Å². The number of nitrogens with one attached hydrogen (secondary N) is 1. The minimum Gasteiger partial charge on any atom is -0.491 e. The van der Waals surface area contributed by atoms with Crippen LogP contribution in [0.25, 0.3) is 0 Å². The van der Waals surface area contributed by atoms with Crippen LogP contribution >= 0.6 is 11.3 Å². The number of hydrogen-bond donors (Lipinski definition) is 1. The Balaban J connectivity index is 1.55. The van der Waals surface area contributed by atoms with Crippen molar-refractivity contribution >= 4 is 38.6 Å². The van der Waals surface area contributed by atoms with Crippen molar-refractivity contribution in [2.24, 2.45) is 0 Å². The molecule has 2 heterocycles. The molecule has 9 heteroatoms. The topological polar surface area (TPSA) is 75.7 Å². The predicted molar refractivity (Wildman–Crippen MR) is 115 cm³/mol. The van der Waals surface area contributed by atoms with Gasteiger partial charge in [0.15, 0.2) is 11.6 Å². The van der Waals surface area contributed by atoms with Crippen molar-refractivity contribution < 1.29 is 22.3 Å². The number of ether oxygens (including phenoxy) is 1. The quantitative estimate of drug-likeness (QED) is 0.613. The van der Waals surface area contributed by atoms with Crippen LogP contribution in [-0.4, -0.2) is 27.5 Å². The molecule has 1 aliphatic rings. The number of hydrogen-bond acceptors (Lipinski definition) is 5. The van der Waals surface area contributed by atoms with Gasteiger partial charge in [-0.15, -0.1) is 11.3 Å². The molecule has 0 bridgehead atoms. The summed E-state index contributed by atoms with van der Waals surface area (Å²) in [5, 5.41) is 1.85. The molecule has 30 heavy (non-hydrogen) atoms. The third-order valence-corrected chi connectivity index (χ3v) is 6.95. The van der Waals surface area contributed by atoms with Crippen molar-refractivity contribution in [1.82, 2.24) is 0 Å². The van der Waals surface area contributed by atoms with E-state index < -0.39 is 15.8 Å². The zero-order chi connectivity index (χ0) is 21.3. The smallest absolute Gasteiger partial charge is 0.268 e. The summed E-state index contributed by atoms with van der Waals surface area (Å²) in [6, 6.07) is 12.2. The number of rotatable bonds is 6. The van der Waals surface area contributed by atoms with Gasteiger partial charge in [0, 0.05) is 17.9 Å². The highest BCUT2D eigenvalue weighted by molar-refractivity contribution is 7.92. The first-order valence-electron chi connectivity index (χ1n) is 9.32. The third kappa shape index (κ3) is 3.90. The molecule has 1 aromatic heterocycles. The Labute approximate surface area is 178 Å². The van der Waals surface area contributed by atoms with Gasteiger partial charge in [-0.3, -0.25) is 9.52 Å². The summed E-state index contributed by atoms with van der Waals surface area (Å²) < 4.78 is 47.0. The first-order chi connectivity index (χ1) is 14.4. The molecule has 0 atom stereocenters. The summed E-state index contributed by atoms with van der Waals surface area (Å²) in [6.45, 7) is 2.53. The summed E-state index contributed by atoms with van der Waals surface area (Å²) in [7, 11) is -3.97. The van der Waals surface area contributed by atoms with Gasteiger partial charge in [0.25, 0.3) is 15.9 Å². The van der Waals surface area contributed by atoms with Crippen molar-refractivity contribution in [3.8, 4) is 5.75 Å². The number of nitrogens with zero attached hydrogens (tertiary/aromatic N) is 1. The van der Waals surface area contributed by atoms with Crippen molar-refractivity contribution in [3.63, 3.8) is 0 Å². The van der Waals surface area contributed by atoms with E-state index >= 15 is 0 Å². The van der Waals surface area contributed by atoms with Crippen molar-refractivity contribution in [2.45, 2.75) is 18.2 Å². The second-order valence-corrected chi connectivity index (χ2v) is 9.29. The number of carbonyl (C=O) groups is 1. The SMILES string of the molecule is CCOc1ccc(S(=O)(=O)Nc2ccc3c(c2)CCN3C(=O)c2cccs2)cc1F. The van der Waals surface area contributed by atoms with Crippen molar-refractivity contribution in [2.75, 3.05) is 22.8 Å². The number of carbonyl (C=O) groups excluding carboxylic acids is 1. The fraction of sp³-hybridized carbons (Fsp3) is 0.190. The fourth-order valence-corrected chi connectivity index (χ4v) is 5.08. The van der Waals surface area contributed by atoms with Crippen molar-refractivity contribution in [3.05, 3.63) is 70.2 Å². The van der Waals surface area contributed by atoms with Crippen LogP contribution in [0.5, 0.6) is 5.75 Å². The normalized spacial score (nSPS) is 13.2. The van der Waals surface area contributed by atoms with Gasteiger partial charge in [-0.05, 0) is 66.8 Å². The summed E-state index contributed by atoms with van der Waals surface area (Å²) in [6.07, 6.45) is 0.625. The zero-order valence-corrected chi connectivity index (χ0v) is 17.7. The van der Waals surface area contributed by atoms with E-state index in [0.717, 1.165) is 17.3 Å². The van der Waals surface area contributed by atoms with Gasteiger partial charge in [0.2, 0.25) is 0 Å². The molecule has 156 valence electrons. The number of thiophene rings is 1. The van der Waals surface area contributed by atoms with E-state index in [9.17, 15) is 17.6 Å². The lowest BCUT2D eigenvalue weighted by molar-refractivity contribution is 0.0993. The largest absolute Gasteiger partial charge is 0.491 e. The number of fused-ring (bicyclic) bond motifs is 1. The molecule has 0 spiro atoms. The number of benzene rings is 2. The highest BCUT2D eigenvalue weighted by atomic mass is 32.2. The van der Waals surface area contributed by atoms with Crippen LogP contribution < -0.4 is 14.4 Å². The Morgan fingerprint density at radius 3 is 2.77 bits per heavy atom. The number of halogens is 1. The van der Waals surface area contributed by atoms with Crippen LogP contribution in [0.4, 0.5) is 15.8 Å². The average molecular weight is 447 g/mol. The molecule has 3 aromatic rings. The van der Waals surface area contributed by atoms with Gasteiger partial charge in [-0.25, -0.2) is 12.8 Å². The minimum atomic E-state index is -3.97. The molecule has 4 rings (SSSR count). The molecule has 0 aliphatic carbocycles. The Morgan fingerprint density at radius 1 is 1.23 bits per heavy atom. The monoisotopic (exact) mass is 446 g/mol. The number of sulfonamides is 1. The number of anilines is 2. The van der Waals surface area contributed by atoms with E-state index in [1.807, 2.05) is 11.4 Å². The highest BCUT2D eigenvalue weighted by Gasteiger charge is 2.27. The Kier molecular flexibility index (Phi) is 5.48. The van der Waals surface area contributed by atoms with E-state index in [-0.39, 0.29) is 23.2 Å².